The first-order chi connectivity index (χ1) is 8.52. The largest absolute Gasteiger partial charge is 0.355 e. The quantitative estimate of drug-likeness (QED) is 0.832. The molecule has 0 fully saturated rings. The first-order valence-electron chi connectivity index (χ1n) is 5.84. The number of carbonyl (C=O) groups excluding carboxylic acids is 1. The normalized spacial score (nSPS) is 11.5. The van der Waals surface area contributed by atoms with Crippen molar-refractivity contribution >= 4 is 15.9 Å². The van der Waals surface area contributed by atoms with E-state index >= 15 is 0 Å². The molecule has 5 nitrogen and oxygen atoms in total. The first kappa shape index (κ1) is 14.7. The van der Waals surface area contributed by atoms with Crippen molar-refractivity contribution in [1.82, 2.24) is 9.62 Å². The third-order valence-corrected chi connectivity index (χ3v) is 4.36. The summed E-state index contributed by atoms with van der Waals surface area (Å²) in [6.07, 6.45) is 0. The Hall–Kier alpha value is -1.40. The van der Waals surface area contributed by atoms with Gasteiger partial charge in [-0.2, -0.15) is 4.31 Å². The molecule has 0 aliphatic rings. The molecular formula is C12H18N2O3S. The topological polar surface area (TPSA) is 66.5 Å². The van der Waals surface area contributed by atoms with E-state index in [1.54, 1.807) is 32.0 Å². The number of likely N-dealkylation sites (N-methyl/N-ethyl adjacent to an activating group) is 2. The van der Waals surface area contributed by atoms with Crippen LogP contribution in [0.1, 0.15) is 13.8 Å². The zero-order valence-electron chi connectivity index (χ0n) is 10.6. The maximum atomic E-state index is 12.2. The molecule has 100 valence electrons. The van der Waals surface area contributed by atoms with Crippen LogP contribution in [-0.2, 0) is 14.8 Å². The van der Waals surface area contributed by atoms with Crippen molar-refractivity contribution in [3.63, 3.8) is 0 Å². The lowest BCUT2D eigenvalue weighted by atomic mass is 10.4. The summed E-state index contributed by atoms with van der Waals surface area (Å²) in [5, 5.41) is 2.59. The molecule has 0 radical (unpaired) electrons. The lowest BCUT2D eigenvalue weighted by Crippen LogP contribution is -2.40. The summed E-state index contributed by atoms with van der Waals surface area (Å²) in [5.41, 5.74) is 0. The number of nitrogens with zero attached hydrogens (tertiary/aromatic N) is 1. The Morgan fingerprint density at radius 1 is 1.22 bits per heavy atom. The van der Waals surface area contributed by atoms with Crippen molar-refractivity contribution in [2.45, 2.75) is 18.7 Å². The summed E-state index contributed by atoms with van der Waals surface area (Å²) in [6.45, 7) is 4.09. The molecule has 0 atom stereocenters. The van der Waals surface area contributed by atoms with Crippen LogP contribution in [0.15, 0.2) is 35.2 Å². The second kappa shape index (κ2) is 6.51. The number of benzene rings is 1. The van der Waals surface area contributed by atoms with Crippen LogP contribution in [0.2, 0.25) is 0 Å². The standard InChI is InChI=1S/C12H18N2O3S/c1-3-13-12(15)10-14(4-2)18(16,17)11-8-6-5-7-9-11/h5-9H,3-4,10H2,1-2H3,(H,13,15). The van der Waals surface area contributed by atoms with Gasteiger partial charge in [0.25, 0.3) is 0 Å². The lowest BCUT2D eigenvalue weighted by Gasteiger charge is -2.19. The van der Waals surface area contributed by atoms with E-state index in [1.165, 1.54) is 12.1 Å². The van der Waals surface area contributed by atoms with Crippen LogP contribution in [0.25, 0.3) is 0 Å². The first-order valence-corrected chi connectivity index (χ1v) is 7.28. The smallest absolute Gasteiger partial charge is 0.243 e. The molecule has 6 heteroatoms. The van der Waals surface area contributed by atoms with Crippen LogP contribution in [0.5, 0.6) is 0 Å². The Morgan fingerprint density at radius 2 is 1.83 bits per heavy atom. The molecule has 1 aromatic rings. The predicted octanol–water partition coefficient (Wildman–Crippen LogP) is 0.833. The number of sulfonamides is 1. The third-order valence-electron chi connectivity index (χ3n) is 2.43. The van der Waals surface area contributed by atoms with E-state index in [9.17, 15) is 13.2 Å². The monoisotopic (exact) mass is 270 g/mol. The molecule has 18 heavy (non-hydrogen) atoms. The second-order valence-electron chi connectivity index (χ2n) is 3.70. The zero-order valence-corrected chi connectivity index (χ0v) is 11.4. The van der Waals surface area contributed by atoms with Crippen LogP contribution in [0.4, 0.5) is 0 Å². The van der Waals surface area contributed by atoms with Crippen molar-refractivity contribution in [2.75, 3.05) is 19.6 Å². The lowest BCUT2D eigenvalue weighted by molar-refractivity contribution is -0.121. The van der Waals surface area contributed by atoms with E-state index in [1.807, 2.05) is 0 Å². The van der Waals surface area contributed by atoms with Gasteiger partial charge < -0.3 is 5.32 Å². The SMILES string of the molecule is CCNC(=O)CN(CC)S(=O)(=O)c1ccccc1. The van der Waals surface area contributed by atoms with Crippen molar-refractivity contribution < 1.29 is 13.2 Å². The summed E-state index contributed by atoms with van der Waals surface area (Å²) >= 11 is 0. The molecular weight excluding hydrogens is 252 g/mol. The van der Waals surface area contributed by atoms with Gasteiger partial charge in [-0.25, -0.2) is 8.42 Å². The molecule has 0 bridgehead atoms. The zero-order chi connectivity index (χ0) is 13.6. The molecule has 0 aliphatic heterocycles. The number of rotatable bonds is 6. The minimum Gasteiger partial charge on any atom is -0.355 e. The van der Waals surface area contributed by atoms with Gasteiger partial charge in [-0.15, -0.1) is 0 Å². The fraction of sp³-hybridized carbons (Fsp3) is 0.417. The maximum absolute atomic E-state index is 12.2. The van der Waals surface area contributed by atoms with Gasteiger partial charge in [0.1, 0.15) is 0 Å². The fourth-order valence-electron chi connectivity index (χ4n) is 1.52. The average molecular weight is 270 g/mol. The van der Waals surface area contributed by atoms with Gasteiger partial charge in [0.2, 0.25) is 15.9 Å². The maximum Gasteiger partial charge on any atom is 0.243 e. The number of amides is 1. The Morgan fingerprint density at radius 3 is 2.33 bits per heavy atom. The number of nitrogens with one attached hydrogen (secondary N) is 1. The summed E-state index contributed by atoms with van der Waals surface area (Å²) < 4.78 is 25.7. The van der Waals surface area contributed by atoms with Crippen LogP contribution in [-0.4, -0.2) is 38.3 Å². The minimum atomic E-state index is -3.59. The minimum absolute atomic E-state index is 0.151. The van der Waals surface area contributed by atoms with Crippen LogP contribution < -0.4 is 5.32 Å². The van der Waals surface area contributed by atoms with Crippen molar-refractivity contribution in [2.24, 2.45) is 0 Å². The summed E-state index contributed by atoms with van der Waals surface area (Å²) in [4.78, 5) is 11.7. The van der Waals surface area contributed by atoms with Crippen LogP contribution >= 0.6 is 0 Å². The molecule has 1 amide bonds. The number of hydrogen-bond acceptors (Lipinski definition) is 3. The fourth-order valence-corrected chi connectivity index (χ4v) is 2.95. The molecule has 0 aliphatic carbocycles. The van der Waals surface area contributed by atoms with Gasteiger partial charge in [-0.05, 0) is 19.1 Å². The molecule has 1 rings (SSSR count). The van der Waals surface area contributed by atoms with Crippen molar-refractivity contribution in [3.05, 3.63) is 30.3 Å². The molecule has 1 N–H and O–H groups in total. The van der Waals surface area contributed by atoms with Gasteiger partial charge in [0, 0.05) is 13.1 Å². The van der Waals surface area contributed by atoms with E-state index in [4.69, 9.17) is 0 Å². The van der Waals surface area contributed by atoms with Gasteiger partial charge in [0.15, 0.2) is 0 Å². The molecule has 1 aromatic carbocycles. The number of hydrogen-bond donors (Lipinski definition) is 1. The highest BCUT2D eigenvalue weighted by Crippen LogP contribution is 2.14. The van der Waals surface area contributed by atoms with Crippen molar-refractivity contribution in [1.29, 1.82) is 0 Å². The Labute approximate surface area is 108 Å². The highest BCUT2D eigenvalue weighted by atomic mass is 32.2. The third kappa shape index (κ3) is 3.54. The summed E-state index contributed by atoms with van der Waals surface area (Å²) in [7, 11) is -3.59. The Balaban J connectivity index is 2.91. The Bertz CT molecular complexity index is 485. The van der Waals surface area contributed by atoms with E-state index in [-0.39, 0.29) is 23.9 Å². The van der Waals surface area contributed by atoms with Gasteiger partial charge in [-0.1, -0.05) is 25.1 Å². The van der Waals surface area contributed by atoms with Gasteiger partial charge in [0.05, 0.1) is 11.4 Å². The summed E-state index contributed by atoms with van der Waals surface area (Å²) in [6, 6.07) is 8.12. The van der Waals surface area contributed by atoms with E-state index in [0.717, 1.165) is 4.31 Å². The van der Waals surface area contributed by atoms with E-state index in [2.05, 4.69) is 5.32 Å². The molecule has 0 unspecified atom stereocenters. The highest BCUT2D eigenvalue weighted by Gasteiger charge is 2.24. The van der Waals surface area contributed by atoms with Crippen LogP contribution in [0.3, 0.4) is 0 Å². The van der Waals surface area contributed by atoms with E-state index in [0.29, 0.717) is 6.54 Å². The predicted molar refractivity (Wildman–Crippen MR) is 69.6 cm³/mol. The molecule has 0 aromatic heterocycles. The molecule has 0 saturated carbocycles. The molecule has 0 spiro atoms. The number of carbonyl (C=O) groups is 1. The van der Waals surface area contributed by atoms with Gasteiger partial charge in [-0.3, -0.25) is 4.79 Å². The van der Waals surface area contributed by atoms with Gasteiger partial charge >= 0.3 is 0 Å². The summed E-state index contributed by atoms with van der Waals surface area (Å²) in [5.74, 6) is -0.293. The molecule has 0 heterocycles. The van der Waals surface area contributed by atoms with E-state index < -0.39 is 10.0 Å². The highest BCUT2D eigenvalue weighted by molar-refractivity contribution is 7.89. The van der Waals surface area contributed by atoms with Crippen molar-refractivity contribution in [3.8, 4) is 0 Å². The Kier molecular flexibility index (Phi) is 5.30. The second-order valence-corrected chi connectivity index (χ2v) is 5.64. The molecule has 0 saturated heterocycles. The average Bonchev–Trinajstić information content (AvgIpc) is 2.37. The van der Waals surface area contributed by atoms with Crippen LogP contribution in [0, 0.1) is 0 Å².